The van der Waals surface area contributed by atoms with Gasteiger partial charge in [0.15, 0.2) is 0 Å². The van der Waals surface area contributed by atoms with Gasteiger partial charge >= 0.3 is 6.09 Å². The van der Waals surface area contributed by atoms with E-state index in [1.165, 1.54) is 0 Å². The largest absolute Gasteiger partial charge is 0.450 e. The molecule has 0 radical (unpaired) electrons. The van der Waals surface area contributed by atoms with Gasteiger partial charge in [0.25, 0.3) is 0 Å². The number of aromatic nitrogens is 1. The summed E-state index contributed by atoms with van der Waals surface area (Å²) in [4.78, 5) is 17.8. The van der Waals surface area contributed by atoms with Crippen molar-refractivity contribution < 1.29 is 9.53 Å². The third-order valence-electron chi connectivity index (χ3n) is 3.07. The molecular formula is C13H18N2O2. The van der Waals surface area contributed by atoms with Crippen molar-refractivity contribution in [1.29, 1.82) is 0 Å². The van der Waals surface area contributed by atoms with Gasteiger partial charge in [0.2, 0.25) is 0 Å². The smallest absolute Gasteiger partial charge is 0.410 e. The fraction of sp³-hybridized carbons (Fsp3) is 0.538. The Hall–Kier alpha value is -1.58. The number of hydrogen-bond acceptors (Lipinski definition) is 3. The third kappa shape index (κ3) is 2.75. The Bertz CT molecular complexity index is 367. The van der Waals surface area contributed by atoms with Gasteiger partial charge in [0.1, 0.15) is 0 Å². The highest BCUT2D eigenvalue weighted by atomic mass is 16.6. The lowest BCUT2D eigenvalue weighted by Crippen LogP contribution is -2.38. The van der Waals surface area contributed by atoms with Crippen LogP contribution in [-0.2, 0) is 4.74 Å². The lowest BCUT2D eigenvalue weighted by Gasteiger charge is -2.34. The maximum absolute atomic E-state index is 11.9. The van der Waals surface area contributed by atoms with Crippen LogP contribution in [0.4, 0.5) is 4.79 Å². The standard InChI is InChI=1S/C13H18N2O2/c1-2-17-13(16)15-9-4-3-7-12(15)11-6-5-8-14-10-11/h5-6,8,10,12H,2-4,7,9H2,1H3. The first-order valence-corrected chi connectivity index (χ1v) is 6.16. The van der Waals surface area contributed by atoms with Crippen molar-refractivity contribution in [2.45, 2.75) is 32.2 Å². The quantitative estimate of drug-likeness (QED) is 0.790. The maximum Gasteiger partial charge on any atom is 0.410 e. The van der Waals surface area contributed by atoms with Crippen LogP contribution in [0.2, 0.25) is 0 Å². The Morgan fingerprint density at radius 3 is 3.18 bits per heavy atom. The van der Waals surface area contributed by atoms with Crippen LogP contribution in [0, 0.1) is 0 Å². The molecule has 0 spiro atoms. The number of piperidine rings is 1. The van der Waals surface area contributed by atoms with E-state index in [9.17, 15) is 4.79 Å². The summed E-state index contributed by atoms with van der Waals surface area (Å²) in [6, 6.07) is 4.05. The van der Waals surface area contributed by atoms with E-state index in [2.05, 4.69) is 4.98 Å². The first-order chi connectivity index (χ1) is 8.33. The predicted molar refractivity (Wildman–Crippen MR) is 64.6 cm³/mol. The number of rotatable bonds is 2. The minimum Gasteiger partial charge on any atom is -0.450 e. The molecule has 0 aromatic carbocycles. The summed E-state index contributed by atoms with van der Waals surface area (Å²) in [6.45, 7) is 3.04. The van der Waals surface area contributed by atoms with Crippen molar-refractivity contribution in [1.82, 2.24) is 9.88 Å². The lowest BCUT2D eigenvalue weighted by molar-refractivity contribution is 0.0765. The monoisotopic (exact) mass is 234 g/mol. The lowest BCUT2D eigenvalue weighted by atomic mass is 9.97. The normalized spacial score (nSPS) is 20.1. The molecule has 1 aromatic rings. The van der Waals surface area contributed by atoms with Gasteiger partial charge in [-0.05, 0) is 37.8 Å². The zero-order valence-electron chi connectivity index (χ0n) is 10.1. The molecule has 4 nitrogen and oxygen atoms in total. The van der Waals surface area contributed by atoms with Crippen molar-refractivity contribution in [2.24, 2.45) is 0 Å². The summed E-state index contributed by atoms with van der Waals surface area (Å²) in [7, 11) is 0. The molecule has 1 aliphatic rings. The third-order valence-corrected chi connectivity index (χ3v) is 3.07. The molecule has 0 N–H and O–H groups in total. The number of carbonyl (C=O) groups excluding carboxylic acids is 1. The summed E-state index contributed by atoms with van der Waals surface area (Å²) >= 11 is 0. The Balaban J connectivity index is 2.15. The topological polar surface area (TPSA) is 42.4 Å². The van der Waals surface area contributed by atoms with Gasteiger partial charge in [-0.25, -0.2) is 4.79 Å². The number of nitrogens with zero attached hydrogens (tertiary/aromatic N) is 2. The molecule has 1 amide bonds. The van der Waals surface area contributed by atoms with E-state index in [0.717, 1.165) is 31.4 Å². The second-order valence-corrected chi connectivity index (χ2v) is 4.19. The Morgan fingerprint density at radius 2 is 2.47 bits per heavy atom. The Kier molecular flexibility index (Phi) is 3.96. The van der Waals surface area contributed by atoms with Crippen LogP contribution in [0.1, 0.15) is 37.8 Å². The summed E-state index contributed by atoms with van der Waals surface area (Å²) in [5.41, 5.74) is 1.10. The molecule has 1 aromatic heterocycles. The molecule has 1 unspecified atom stereocenters. The van der Waals surface area contributed by atoms with Gasteiger partial charge in [-0.3, -0.25) is 4.98 Å². The first kappa shape index (κ1) is 11.9. The van der Waals surface area contributed by atoms with E-state index in [1.54, 1.807) is 6.20 Å². The number of carbonyl (C=O) groups is 1. The minimum absolute atomic E-state index is 0.122. The molecule has 17 heavy (non-hydrogen) atoms. The molecule has 2 rings (SSSR count). The highest BCUT2D eigenvalue weighted by Gasteiger charge is 2.28. The van der Waals surface area contributed by atoms with E-state index in [-0.39, 0.29) is 12.1 Å². The highest BCUT2D eigenvalue weighted by Crippen LogP contribution is 2.30. The van der Waals surface area contributed by atoms with Crippen LogP contribution < -0.4 is 0 Å². The van der Waals surface area contributed by atoms with E-state index >= 15 is 0 Å². The summed E-state index contributed by atoms with van der Waals surface area (Å²) in [5.74, 6) is 0. The van der Waals surface area contributed by atoms with Crippen LogP contribution in [-0.4, -0.2) is 29.1 Å². The van der Waals surface area contributed by atoms with Gasteiger partial charge < -0.3 is 9.64 Å². The molecule has 1 atom stereocenters. The van der Waals surface area contributed by atoms with E-state index < -0.39 is 0 Å². The molecular weight excluding hydrogens is 216 g/mol. The second-order valence-electron chi connectivity index (χ2n) is 4.19. The molecule has 0 bridgehead atoms. The first-order valence-electron chi connectivity index (χ1n) is 6.16. The zero-order chi connectivity index (χ0) is 12.1. The highest BCUT2D eigenvalue weighted by molar-refractivity contribution is 5.68. The summed E-state index contributed by atoms with van der Waals surface area (Å²) in [6.07, 6.45) is 6.57. The molecule has 92 valence electrons. The van der Waals surface area contributed by atoms with Crippen LogP contribution in [0.15, 0.2) is 24.5 Å². The molecule has 0 saturated carbocycles. The minimum atomic E-state index is -0.207. The molecule has 0 aliphatic carbocycles. The van der Waals surface area contributed by atoms with Crippen LogP contribution in [0.25, 0.3) is 0 Å². The number of likely N-dealkylation sites (tertiary alicyclic amines) is 1. The van der Waals surface area contributed by atoms with Gasteiger partial charge in [-0.1, -0.05) is 6.07 Å². The molecule has 1 fully saturated rings. The van der Waals surface area contributed by atoms with E-state index in [4.69, 9.17) is 4.74 Å². The van der Waals surface area contributed by atoms with Crippen molar-refractivity contribution in [2.75, 3.05) is 13.2 Å². The van der Waals surface area contributed by atoms with Crippen molar-refractivity contribution >= 4 is 6.09 Å². The van der Waals surface area contributed by atoms with Gasteiger partial charge in [-0.2, -0.15) is 0 Å². The molecule has 1 aliphatic heterocycles. The SMILES string of the molecule is CCOC(=O)N1CCCCC1c1cccnc1. The number of pyridine rings is 1. The Labute approximate surface area is 102 Å². The second kappa shape index (κ2) is 5.66. The van der Waals surface area contributed by atoms with E-state index in [0.29, 0.717) is 6.61 Å². The average Bonchev–Trinajstić information content (AvgIpc) is 2.40. The Morgan fingerprint density at radius 1 is 1.59 bits per heavy atom. The number of amides is 1. The summed E-state index contributed by atoms with van der Waals surface area (Å²) in [5, 5.41) is 0. The van der Waals surface area contributed by atoms with Crippen molar-refractivity contribution in [3.63, 3.8) is 0 Å². The van der Waals surface area contributed by atoms with Gasteiger partial charge in [0, 0.05) is 18.9 Å². The van der Waals surface area contributed by atoms with Crippen LogP contribution in [0.5, 0.6) is 0 Å². The molecule has 4 heteroatoms. The van der Waals surface area contributed by atoms with E-state index in [1.807, 2.05) is 30.2 Å². The van der Waals surface area contributed by atoms with Crippen LogP contribution >= 0.6 is 0 Å². The van der Waals surface area contributed by atoms with Gasteiger partial charge in [-0.15, -0.1) is 0 Å². The summed E-state index contributed by atoms with van der Waals surface area (Å²) < 4.78 is 5.10. The van der Waals surface area contributed by atoms with Crippen molar-refractivity contribution in [3.05, 3.63) is 30.1 Å². The predicted octanol–water partition coefficient (Wildman–Crippen LogP) is 2.77. The fourth-order valence-corrected chi connectivity index (χ4v) is 2.28. The zero-order valence-corrected chi connectivity index (χ0v) is 10.1. The molecule has 2 heterocycles. The van der Waals surface area contributed by atoms with Crippen LogP contribution in [0.3, 0.4) is 0 Å². The number of hydrogen-bond donors (Lipinski definition) is 0. The fourth-order valence-electron chi connectivity index (χ4n) is 2.28. The van der Waals surface area contributed by atoms with Crippen molar-refractivity contribution in [3.8, 4) is 0 Å². The maximum atomic E-state index is 11.9. The van der Waals surface area contributed by atoms with Gasteiger partial charge in [0.05, 0.1) is 12.6 Å². The molecule has 1 saturated heterocycles. The number of ether oxygens (including phenoxy) is 1. The average molecular weight is 234 g/mol.